The Hall–Kier alpha value is -0.530. The van der Waals surface area contributed by atoms with Gasteiger partial charge in [-0.05, 0) is 25.1 Å². The van der Waals surface area contributed by atoms with E-state index in [4.69, 9.17) is 0 Å². The molecule has 1 saturated carbocycles. The molecule has 2 nitrogen and oxygen atoms in total. The van der Waals surface area contributed by atoms with Gasteiger partial charge >= 0.3 is 0 Å². The fourth-order valence-corrected chi connectivity index (χ4v) is 0.881. The predicted octanol–water partition coefficient (Wildman–Crippen LogP) is 1.42. The second-order valence-electron chi connectivity index (χ2n) is 2.17. The predicted molar refractivity (Wildman–Crippen MR) is 37.4 cm³/mol. The van der Waals surface area contributed by atoms with Crippen LogP contribution < -0.4 is 0 Å². The third-order valence-electron chi connectivity index (χ3n) is 1.61. The summed E-state index contributed by atoms with van der Waals surface area (Å²) in [6.07, 6.45) is 3.13. The average Bonchev–Trinajstić information content (AvgIpc) is 1.60. The number of nitrogens with zero attached hydrogens (tertiary/aromatic N) is 1. The first kappa shape index (κ1) is 6.59. The Balaban J connectivity index is 2.41. The molecule has 1 rings (SSSR count). The van der Waals surface area contributed by atoms with E-state index >= 15 is 0 Å². The van der Waals surface area contributed by atoms with Gasteiger partial charge in [0.1, 0.15) is 0 Å². The molecule has 1 fully saturated rings. The lowest BCUT2D eigenvalue weighted by atomic mass is 9.85. The van der Waals surface area contributed by atoms with E-state index in [1.54, 1.807) is 0 Å². The number of amides is 1. The Bertz CT molecular complexity index is 168. The topological polar surface area (TPSA) is 29.4 Å². The molecule has 1 aliphatic rings. The van der Waals surface area contributed by atoms with E-state index in [9.17, 15) is 4.79 Å². The van der Waals surface area contributed by atoms with Gasteiger partial charge in [0, 0.05) is 5.92 Å². The SMILES string of the molecule is O=C(N=C=S)C1CCC1. The zero-order chi connectivity index (χ0) is 6.69. The van der Waals surface area contributed by atoms with E-state index in [-0.39, 0.29) is 11.8 Å². The van der Waals surface area contributed by atoms with Crippen LogP contribution in [-0.4, -0.2) is 11.1 Å². The van der Waals surface area contributed by atoms with Crippen molar-refractivity contribution in [2.45, 2.75) is 19.3 Å². The molecule has 0 aromatic heterocycles. The molecule has 0 aromatic rings. The van der Waals surface area contributed by atoms with Crippen molar-refractivity contribution in [2.75, 3.05) is 0 Å². The van der Waals surface area contributed by atoms with E-state index < -0.39 is 0 Å². The van der Waals surface area contributed by atoms with Gasteiger partial charge in [-0.25, -0.2) is 0 Å². The van der Waals surface area contributed by atoms with Crippen LogP contribution >= 0.6 is 12.2 Å². The van der Waals surface area contributed by atoms with Crippen LogP contribution in [0.2, 0.25) is 0 Å². The molecule has 1 aliphatic carbocycles. The number of hydrogen-bond acceptors (Lipinski definition) is 2. The van der Waals surface area contributed by atoms with Crippen molar-refractivity contribution in [1.82, 2.24) is 0 Å². The number of rotatable bonds is 1. The number of isothiocyanates is 1. The lowest BCUT2D eigenvalue weighted by Gasteiger charge is -2.20. The molecule has 0 N–H and O–H groups in total. The third kappa shape index (κ3) is 1.44. The molecule has 0 atom stereocenters. The zero-order valence-corrected chi connectivity index (χ0v) is 5.78. The molecule has 0 spiro atoms. The Morgan fingerprint density at radius 3 is 2.67 bits per heavy atom. The minimum atomic E-state index is -0.0868. The summed E-state index contributed by atoms with van der Waals surface area (Å²) in [6, 6.07) is 0. The number of carbonyl (C=O) groups excluding carboxylic acids is 1. The highest BCUT2D eigenvalue weighted by Gasteiger charge is 2.24. The van der Waals surface area contributed by atoms with Crippen molar-refractivity contribution in [3.63, 3.8) is 0 Å². The van der Waals surface area contributed by atoms with Crippen LogP contribution in [0.5, 0.6) is 0 Å². The molecule has 0 heterocycles. The van der Waals surface area contributed by atoms with Gasteiger partial charge in [-0.2, -0.15) is 4.99 Å². The summed E-state index contributed by atoms with van der Waals surface area (Å²) < 4.78 is 0. The molecule has 0 aromatic carbocycles. The first-order valence-electron chi connectivity index (χ1n) is 2.96. The standard InChI is InChI=1S/C6H7NOS/c8-6(7-4-9)5-2-1-3-5/h5H,1-3H2. The molecule has 0 unspecified atom stereocenters. The normalized spacial score (nSPS) is 17.8. The van der Waals surface area contributed by atoms with Crippen LogP contribution in [-0.2, 0) is 4.79 Å². The Kier molecular flexibility index (Phi) is 2.09. The number of aliphatic imine (C=N–C) groups is 1. The quantitative estimate of drug-likeness (QED) is 0.408. The smallest absolute Gasteiger partial charge is 0.257 e. The lowest BCUT2D eigenvalue weighted by molar-refractivity contribution is -0.123. The highest BCUT2D eigenvalue weighted by Crippen LogP contribution is 2.26. The summed E-state index contributed by atoms with van der Waals surface area (Å²) in [6.45, 7) is 0. The Morgan fingerprint density at radius 1 is 1.67 bits per heavy atom. The summed E-state index contributed by atoms with van der Waals surface area (Å²) in [5.41, 5.74) is 0. The van der Waals surface area contributed by atoms with Gasteiger partial charge in [0.2, 0.25) is 0 Å². The summed E-state index contributed by atoms with van der Waals surface area (Å²) >= 11 is 4.28. The highest BCUT2D eigenvalue weighted by molar-refractivity contribution is 7.78. The number of carbonyl (C=O) groups is 1. The van der Waals surface area contributed by atoms with Crippen molar-refractivity contribution in [1.29, 1.82) is 0 Å². The molecule has 0 bridgehead atoms. The maximum Gasteiger partial charge on any atom is 0.257 e. The minimum Gasteiger partial charge on any atom is -0.272 e. The van der Waals surface area contributed by atoms with E-state index in [0.717, 1.165) is 19.3 Å². The van der Waals surface area contributed by atoms with Crippen molar-refractivity contribution in [2.24, 2.45) is 10.9 Å². The van der Waals surface area contributed by atoms with Crippen molar-refractivity contribution < 1.29 is 4.79 Å². The Morgan fingerprint density at radius 2 is 2.33 bits per heavy atom. The maximum atomic E-state index is 10.7. The minimum absolute atomic E-state index is 0.0868. The summed E-state index contributed by atoms with van der Waals surface area (Å²) in [5, 5.41) is 2.08. The zero-order valence-electron chi connectivity index (χ0n) is 4.96. The van der Waals surface area contributed by atoms with E-state index in [1.165, 1.54) is 0 Å². The molecule has 48 valence electrons. The Labute approximate surface area is 59.0 Å². The molecule has 0 saturated heterocycles. The van der Waals surface area contributed by atoms with Crippen LogP contribution in [0.1, 0.15) is 19.3 Å². The van der Waals surface area contributed by atoms with Crippen molar-refractivity contribution in [3.8, 4) is 0 Å². The van der Waals surface area contributed by atoms with Crippen LogP contribution in [0.25, 0.3) is 0 Å². The fourth-order valence-electron chi connectivity index (χ4n) is 0.791. The molecule has 0 aliphatic heterocycles. The molecular weight excluding hydrogens is 134 g/mol. The van der Waals surface area contributed by atoms with Crippen LogP contribution in [0.15, 0.2) is 4.99 Å². The van der Waals surface area contributed by atoms with Crippen molar-refractivity contribution in [3.05, 3.63) is 0 Å². The highest BCUT2D eigenvalue weighted by atomic mass is 32.1. The van der Waals surface area contributed by atoms with Gasteiger partial charge in [0.05, 0.1) is 5.16 Å². The van der Waals surface area contributed by atoms with Gasteiger partial charge in [0.25, 0.3) is 5.91 Å². The first-order chi connectivity index (χ1) is 4.34. The van der Waals surface area contributed by atoms with Crippen LogP contribution in [0, 0.1) is 5.92 Å². The summed E-state index contributed by atoms with van der Waals surface area (Å²) in [7, 11) is 0. The molecule has 3 heteroatoms. The summed E-state index contributed by atoms with van der Waals surface area (Å²) in [4.78, 5) is 14.1. The van der Waals surface area contributed by atoms with E-state index in [0.29, 0.717) is 0 Å². The van der Waals surface area contributed by atoms with Gasteiger partial charge < -0.3 is 0 Å². The monoisotopic (exact) mass is 141 g/mol. The third-order valence-corrected chi connectivity index (χ3v) is 1.70. The summed E-state index contributed by atoms with van der Waals surface area (Å²) in [5.74, 6) is 0.0803. The average molecular weight is 141 g/mol. The van der Waals surface area contributed by atoms with E-state index in [2.05, 4.69) is 22.4 Å². The molecule has 1 amide bonds. The van der Waals surface area contributed by atoms with Gasteiger partial charge in [0.15, 0.2) is 0 Å². The maximum absolute atomic E-state index is 10.7. The largest absolute Gasteiger partial charge is 0.272 e. The molecular formula is C6H7NOS. The van der Waals surface area contributed by atoms with Gasteiger partial charge in [-0.3, -0.25) is 4.79 Å². The lowest BCUT2D eigenvalue weighted by Crippen LogP contribution is -2.19. The second kappa shape index (κ2) is 2.85. The number of hydrogen-bond donors (Lipinski definition) is 0. The van der Waals surface area contributed by atoms with Crippen LogP contribution in [0.3, 0.4) is 0 Å². The van der Waals surface area contributed by atoms with Gasteiger partial charge in [-0.15, -0.1) is 0 Å². The number of thiocarbonyl (C=S) groups is 1. The van der Waals surface area contributed by atoms with E-state index in [1.807, 2.05) is 0 Å². The van der Waals surface area contributed by atoms with Gasteiger partial charge in [-0.1, -0.05) is 6.42 Å². The second-order valence-corrected chi connectivity index (χ2v) is 2.35. The van der Waals surface area contributed by atoms with Crippen molar-refractivity contribution >= 4 is 23.3 Å². The molecule has 0 radical (unpaired) electrons. The molecule has 9 heavy (non-hydrogen) atoms. The fraction of sp³-hybridized carbons (Fsp3) is 0.667. The van der Waals surface area contributed by atoms with Crippen LogP contribution in [0.4, 0.5) is 0 Å². The first-order valence-corrected chi connectivity index (χ1v) is 3.37.